The maximum Gasteiger partial charge on any atom is 0.291 e. The van der Waals surface area contributed by atoms with Gasteiger partial charge in [0.25, 0.3) is 17.5 Å². The molecule has 10 heteroatoms. The van der Waals surface area contributed by atoms with Crippen molar-refractivity contribution < 1.29 is 23.3 Å². The number of furan rings is 2. The van der Waals surface area contributed by atoms with Gasteiger partial charge in [0.15, 0.2) is 11.5 Å². The van der Waals surface area contributed by atoms with E-state index in [1.54, 1.807) is 29.2 Å². The van der Waals surface area contributed by atoms with E-state index in [9.17, 15) is 19.7 Å². The number of nitrogens with one attached hydrogen (secondary N) is 1. The summed E-state index contributed by atoms with van der Waals surface area (Å²) >= 11 is 0. The molecule has 3 aromatic carbocycles. The molecular weight excluding hydrogens is 512 g/mol. The summed E-state index contributed by atoms with van der Waals surface area (Å²) in [6, 6.07) is 26.0. The predicted molar refractivity (Wildman–Crippen MR) is 150 cm³/mol. The number of hydrogen-bond acceptors (Lipinski definition) is 7. The molecule has 200 valence electrons. The largest absolute Gasteiger partial charge is 0.451 e. The van der Waals surface area contributed by atoms with Crippen LogP contribution in [0.5, 0.6) is 0 Å². The van der Waals surface area contributed by atoms with Crippen molar-refractivity contribution in [3.05, 3.63) is 113 Å². The summed E-state index contributed by atoms with van der Waals surface area (Å²) in [5.41, 5.74) is 2.74. The van der Waals surface area contributed by atoms with Gasteiger partial charge in [-0.15, -0.1) is 0 Å². The van der Waals surface area contributed by atoms with Crippen molar-refractivity contribution in [2.24, 2.45) is 0 Å². The summed E-state index contributed by atoms with van der Waals surface area (Å²) in [6.07, 6.45) is 0. The molecule has 1 aliphatic rings. The minimum atomic E-state index is -0.481. The monoisotopic (exact) mass is 536 g/mol. The highest BCUT2D eigenvalue weighted by Crippen LogP contribution is 2.27. The quantitative estimate of drug-likeness (QED) is 0.214. The van der Waals surface area contributed by atoms with Gasteiger partial charge in [-0.25, -0.2) is 0 Å². The topological polar surface area (TPSA) is 122 Å². The molecule has 1 saturated heterocycles. The minimum Gasteiger partial charge on any atom is -0.451 e. The van der Waals surface area contributed by atoms with Gasteiger partial charge in [-0.3, -0.25) is 19.7 Å². The number of para-hydroxylation sites is 1. The summed E-state index contributed by atoms with van der Waals surface area (Å²) in [6.45, 7) is 2.48. The Morgan fingerprint density at radius 2 is 1.57 bits per heavy atom. The van der Waals surface area contributed by atoms with Crippen molar-refractivity contribution in [1.82, 2.24) is 4.90 Å². The Labute approximate surface area is 228 Å². The maximum absolute atomic E-state index is 12.9. The second kappa shape index (κ2) is 10.4. The van der Waals surface area contributed by atoms with E-state index in [1.165, 1.54) is 18.2 Å². The number of nitro benzene ring substituents is 1. The lowest BCUT2D eigenvalue weighted by molar-refractivity contribution is -0.384. The van der Waals surface area contributed by atoms with E-state index in [-0.39, 0.29) is 17.4 Å². The third-order valence-corrected chi connectivity index (χ3v) is 6.86. The minimum absolute atomic E-state index is 0.0563. The van der Waals surface area contributed by atoms with Crippen LogP contribution in [-0.2, 0) is 0 Å². The maximum atomic E-state index is 12.9. The molecule has 0 aliphatic carbocycles. The first-order chi connectivity index (χ1) is 19.4. The Morgan fingerprint density at radius 3 is 2.33 bits per heavy atom. The first-order valence-corrected chi connectivity index (χ1v) is 12.7. The van der Waals surface area contributed by atoms with E-state index >= 15 is 0 Å². The molecule has 5 aromatic rings. The molecule has 2 aromatic heterocycles. The first kappa shape index (κ1) is 24.9. The number of benzene rings is 3. The fourth-order valence-electron chi connectivity index (χ4n) is 4.75. The van der Waals surface area contributed by atoms with Crippen LogP contribution in [0.1, 0.15) is 21.1 Å². The predicted octanol–water partition coefficient (Wildman–Crippen LogP) is 5.82. The Kier molecular flexibility index (Phi) is 6.49. The molecule has 0 radical (unpaired) electrons. The second-order valence-corrected chi connectivity index (χ2v) is 9.40. The van der Waals surface area contributed by atoms with Gasteiger partial charge in [-0.05, 0) is 48.5 Å². The van der Waals surface area contributed by atoms with Crippen LogP contribution in [0.3, 0.4) is 0 Å². The zero-order valence-corrected chi connectivity index (χ0v) is 21.3. The Hall–Kier alpha value is -5.38. The number of anilines is 2. The van der Waals surface area contributed by atoms with E-state index < -0.39 is 10.8 Å². The van der Waals surface area contributed by atoms with Gasteiger partial charge in [-0.1, -0.05) is 30.3 Å². The molecule has 0 bridgehead atoms. The lowest BCUT2D eigenvalue weighted by Gasteiger charge is -2.35. The molecule has 0 spiro atoms. The van der Waals surface area contributed by atoms with Gasteiger partial charge >= 0.3 is 0 Å². The van der Waals surface area contributed by atoms with Crippen LogP contribution in [0.2, 0.25) is 0 Å². The molecule has 1 N–H and O–H groups in total. The zero-order chi connectivity index (χ0) is 27.6. The third-order valence-electron chi connectivity index (χ3n) is 6.86. The van der Waals surface area contributed by atoms with E-state index in [1.807, 2.05) is 48.5 Å². The number of rotatable bonds is 6. The van der Waals surface area contributed by atoms with Crippen LogP contribution in [0.15, 0.2) is 99.8 Å². The number of hydrogen-bond donors (Lipinski definition) is 1. The van der Waals surface area contributed by atoms with Crippen molar-refractivity contribution in [3.63, 3.8) is 0 Å². The highest BCUT2D eigenvalue weighted by molar-refractivity contribution is 6.02. The molecule has 3 heterocycles. The number of nitrogens with zero attached hydrogens (tertiary/aromatic N) is 3. The Morgan fingerprint density at radius 1 is 0.800 bits per heavy atom. The van der Waals surface area contributed by atoms with Crippen molar-refractivity contribution in [3.8, 4) is 11.3 Å². The molecule has 1 aliphatic heterocycles. The molecule has 0 atom stereocenters. The van der Waals surface area contributed by atoms with E-state index in [2.05, 4.69) is 10.2 Å². The van der Waals surface area contributed by atoms with Crippen LogP contribution in [0.4, 0.5) is 17.1 Å². The highest BCUT2D eigenvalue weighted by atomic mass is 16.6. The lowest BCUT2D eigenvalue weighted by atomic mass is 10.1. The fourth-order valence-corrected chi connectivity index (χ4v) is 4.75. The van der Waals surface area contributed by atoms with Gasteiger partial charge in [0.05, 0.1) is 4.92 Å². The summed E-state index contributed by atoms with van der Waals surface area (Å²) in [4.78, 5) is 40.2. The molecule has 40 heavy (non-hydrogen) atoms. The summed E-state index contributed by atoms with van der Waals surface area (Å²) in [7, 11) is 0. The van der Waals surface area contributed by atoms with Gasteiger partial charge in [0.2, 0.25) is 0 Å². The number of non-ortho nitro benzene ring substituents is 1. The third kappa shape index (κ3) is 5.02. The molecular formula is C30H24N4O6. The molecule has 2 amide bonds. The number of fused-ring (bicyclic) bond motifs is 1. The van der Waals surface area contributed by atoms with Gasteiger partial charge in [-0.2, -0.15) is 0 Å². The van der Waals surface area contributed by atoms with Crippen LogP contribution < -0.4 is 10.2 Å². The van der Waals surface area contributed by atoms with Gasteiger partial charge < -0.3 is 24.0 Å². The van der Waals surface area contributed by atoms with Crippen LogP contribution in [0.25, 0.3) is 22.3 Å². The first-order valence-electron chi connectivity index (χ1n) is 12.7. The van der Waals surface area contributed by atoms with Crippen molar-refractivity contribution in [2.45, 2.75) is 0 Å². The van der Waals surface area contributed by atoms with Crippen molar-refractivity contribution >= 4 is 39.8 Å². The summed E-state index contributed by atoms with van der Waals surface area (Å²) in [5, 5.41) is 14.8. The molecule has 1 fully saturated rings. The van der Waals surface area contributed by atoms with Gasteiger partial charge in [0, 0.05) is 60.6 Å². The normalized spacial score (nSPS) is 13.4. The van der Waals surface area contributed by atoms with E-state index in [4.69, 9.17) is 8.83 Å². The smallest absolute Gasteiger partial charge is 0.291 e. The lowest BCUT2D eigenvalue weighted by Crippen LogP contribution is -2.48. The fraction of sp³-hybridized carbons (Fsp3) is 0.133. The molecule has 0 saturated carbocycles. The van der Waals surface area contributed by atoms with Crippen LogP contribution >= 0.6 is 0 Å². The number of nitro groups is 1. The number of amides is 2. The summed E-state index contributed by atoms with van der Waals surface area (Å²) in [5.74, 6) is 0.268. The standard InChI is InChI=1S/C30H24N4O6/c35-29(27-13-12-26(39-27)20-5-3-6-24(18-20)34(37)38)31-22-8-10-23(11-9-22)32-14-16-33(17-15-32)30(36)28-19-21-4-1-2-7-25(21)40-28/h1-13,18-19H,14-17H2,(H,31,35). The SMILES string of the molecule is O=C(Nc1ccc(N2CCN(C(=O)c3cc4ccccc4o3)CC2)cc1)c1ccc(-c2cccc([N+](=O)[O-])c2)o1. The summed E-state index contributed by atoms with van der Waals surface area (Å²) < 4.78 is 11.4. The number of carbonyl (C=O) groups excluding carboxylic acids is 2. The average Bonchev–Trinajstić information content (AvgIpc) is 3.66. The zero-order valence-electron chi connectivity index (χ0n) is 21.3. The van der Waals surface area contributed by atoms with E-state index in [0.29, 0.717) is 54.5 Å². The van der Waals surface area contributed by atoms with Crippen molar-refractivity contribution in [2.75, 3.05) is 36.4 Å². The highest BCUT2D eigenvalue weighted by Gasteiger charge is 2.25. The number of piperazine rings is 1. The molecule has 0 unspecified atom stereocenters. The second-order valence-electron chi connectivity index (χ2n) is 9.40. The average molecular weight is 537 g/mol. The molecule has 6 rings (SSSR count). The Balaban J connectivity index is 1.05. The van der Waals surface area contributed by atoms with Crippen LogP contribution in [0, 0.1) is 10.1 Å². The van der Waals surface area contributed by atoms with Crippen LogP contribution in [-0.4, -0.2) is 47.8 Å². The van der Waals surface area contributed by atoms with Gasteiger partial charge in [0.1, 0.15) is 11.3 Å². The Bertz CT molecular complexity index is 1680. The van der Waals surface area contributed by atoms with Crippen molar-refractivity contribution in [1.29, 1.82) is 0 Å². The molecule has 10 nitrogen and oxygen atoms in total. The van der Waals surface area contributed by atoms with E-state index in [0.717, 1.165) is 11.1 Å². The number of carbonyl (C=O) groups is 2.